The van der Waals surface area contributed by atoms with Gasteiger partial charge >= 0.3 is 0 Å². The molecule has 1 aromatic rings. The average Bonchev–Trinajstić information content (AvgIpc) is 2.47. The third-order valence-corrected chi connectivity index (χ3v) is 3.13. The quantitative estimate of drug-likeness (QED) is 0.869. The lowest BCUT2D eigenvalue weighted by Crippen LogP contribution is -2.54. The fourth-order valence-electron chi connectivity index (χ4n) is 2.08. The maximum absolute atomic E-state index is 12.3. The Morgan fingerprint density at radius 2 is 2.26 bits per heavy atom. The summed E-state index contributed by atoms with van der Waals surface area (Å²) in [6.45, 7) is 3.00. The Morgan fingerprint density at radius 3 is 2.95 bits per heavy atom. The van der Waals surface area contributed by atoms with Crippen LogP contribution in [-0.2, 0) is 9.53 Å². The molecular formula is C14H19NO4. The highest BCUT2D eigenvalue weighted by Gasteiger charge is 2.30. The largest absolute Gasteiger partial charge is 0.481 e. The summed E-state index contributed by atoms with van der Waals surface area (Å²) in [5.74, 6) is 0.545. The van der Waals surface area contributed by atoms with Gasteiger partial charge in [0.1, 0.15) is 5.75 Å². The summed E-state index contributed by atoms with van der Waals surface area (Å²) in [7, 11) is 0. The van der Waals surface area contributed by atoms with Crippen LogP contribution in [0.5, 0.6) is 5.75 Å². The van der Waals surface area contributed by atoms with Gasteiger partial charge in [-0.3, -0.25) is 4.79 Å². The summed E-state index contributed by atoms with van der Waals surface area (Å²) in [5.41, 5.74) is 0. The average molecular weight is 265 g/mol. The van der Waals surface area contributed by atoms with Gasteiger partial charge in [-0.05, 0) is 19.1 Å². The van der Waals surface area contributed by atoms with Crippen LogP contribution in [0.15, 0.2) is 30.3 Å². The molecule has 0 spiro atoms. The van der Waals surface area contributed by atoms with Crippen LogP contribution in [0.4, 0.5) is 0 Å². The fourth-order valence-corrected chi connectivity index (χ4v) is 2.08. The van der Waals surface area contributed by atoms with Crippen LogP contribution in [-0.4, -0.2) is 54.4 Å². The second-order valence-electron chi connectivity index (χ2n) is 4.52. The number of aliphatic hydroxyl groups is 1. The number of amides is 1. The van der Waals surface area contributed by atoms with Gasteiger partial charge in [-0.15, -0.1) is 0 Å². The second kappa shape index (κ2) is 6.54. The molecule has 1 aromatic carbocycles. The number of aliphatic hydroxyl groups excluding tert-OH is 1. The molecule has 2 unspecified atom stereocenters. The topological polar surface area (TPSA) is 59.0 Å². The van der Waals surface area contributed by atoms with Gasteiger partial charge < -0.3 is 19.5 Å². The number of rotatable bonds is 4. The smallest absolute Gasteiger partial charge is 0.263 e. The fraction of sp³-hybridized carbons (Fsp3) is 0.500. The Kier molecular flexibility index (Phi) is 4.76. The Hall–Kier alpha value is -1.59. The van der Waals surface area contributed by atoms with E-state index in [1.807, 2.05) is 30.3 Å². The Balaban J connectivity index is 1.98. The van der Waals surface area contributed by atoms with Crippen LogP contribution in [0, 0.1) is 0 Å². The molecule has 0 radical (unpaired) electrons. The predicted octanol–water partition coefficient (Wildman–Crippen LogP) is 0.674. The molecular weight excluding hydrogens is 246 g/mol. The number of nitrogens with zero attached hydrogens (tertiary/aromatic N) is 1. The Morgan fingerprint density at radius 1 is 1.53 bits per heavy atom. The molecule has 5 nitrogen and oxygen atoms in total. The van der Waals surface area contributed by atoms with E-state index in [1.54, 1.807) is 11.8 Å². The lowest BCUT2D eigenvalue weighted by atomic mass is 10.2. The van der Waals surface area contributed by atoms with E-state index in [4.69, 9.17) is 9.47 Å². The van der Waals surface area contributed by atoms with Crippen LogP contribution in [0.1, 0.15) is 6.92 Å². The van der Waals surface area contributed by atoms with Crippen molar-refractivity contribution >= 4 is 5.91 Å². The first-order valence-electron chi connectivity index (χ1n) is 6.43. The first-order chi connectivity index (χ1) is 9.22. The van der Waals surface area contributed by atoms with E-state index < -0.39 is 6.10 Å². The van der Waals surface area contributed by atoms with Gasteiger partial charge in [0.25, 0.3) is 5.91 Å². The number of morpholine rings is 1. The van der Waals surface area contributed by atoms with Crippen molar-refractivity contribution in [1.29, 1.82) is 0 Å². The number of hydrogen-bond donors (Lipinski definition) is 1. The zero-order valence-electron chi connectivity index (χ0n) is 11.0. The zero-order valence-corrected chi connectivity index (χ0v) is 11.0. The number of hydrogen-bond acceptors (Lipinski definition) is 4. The number of carbonyl (C=O) groups excluding carboxylic acids is 1. The first kappa shape index (κ1) is 13.8. The minimum absolute atomic E-state index is 0.0935. The van der Waals surface area contributed by atoms with Gasteiger partial charge in [-0.25, -0.2) is 0 Å². The highest BCUT2D eigenvalue weighted by atomic mass is 16.5. The van der Waals surface area contributed by atoms with E-state index in [1.165, 1.54) is 0 Å². The molecule has 1 amide bonds. The molecule has 1 heterocycles. The molecule has 0 aromatic heterocycles. The van der Waals surface area contributed by atoms with E-state index in [0.29, 0.717) is 25.5 Å². The highest BCUT2D eigenvalue weighted by molar-refractivity contribution is 5.81. The predicted molar refractivity (Wildman–Crippen MR) is 69.9 cm³/mol. The highest BCUT2D eigenvalue weighted by Crippen LogP contribution is 2.14. The Labute approximate surface area is 112 Å². The normalized spacial score (nSPS) is 20.9. The van der Waals surface area contributed by atoms with Crippen molar-refractivity contribution in [3.05, 3.63) is 30.3 Å². The lowest BCUT2D eigenvalue weighted by Gasteiger charge is -2.35. The van der Waals surface area contributed by atoms with Gasteiger partial charge in [0.2, 0.25) is 0 Å². The molecule has 1 aliphatic rings. The molecule has 104 valence electrons. The minimum Gasteiger partial charge on any atom is -0.481 e. The van der Waals surface area contributed by atoms with Crippen molar-refractivity contribution in [3.63, 3.8) is 0 Å². The zero-order chi connectivity index (χ0) is 13.7. The van der Waals surface area contributed by atoms with Gasteiger partial charge in [-0.2, -0.15) is 0 Å². The molecule has 19 heavy (non-hydrogen) atoms. The molecule has 2 rings (SSSR count). The maximum atomic E-state index is 12.3. The molecule has 5 heteroatoms. The molecule has 0 bridgehead atoms. The summed E-state index contributed by atoms with van der Waals surface area (Å²) in [6.07, 6.45) is -0.574. The summed E-state index contributed by atoms with van der Waals surface area (Å²) < 4.78 is 10.9. The van der Waals surface area contributed by atoms with E-state index in [-0.39, 0.29) is 18.6 Å². The molecule has 1 fully saturated rings. The van der Waals surface area contributed by atoms with E-state index >= 15 is 0 Å². The van der Waals surface area contributed by atoms with E-state index in [0.717, 1.165) is 0 Å². The standard InChI is InChI=1S/C14H19NO4/c1-11(19-13-5-3-2-4-6-13)14(17)15-7-8-18-10-12(15)9-16/h2-6,11-12,16H,7-10H2,1H3. The number of para-hydroxylation sites is 1. The minimum atomic E-state index is -0.574. The van der Waals surface area contributed by atoms with Crippen LogP contribution in [0.3, 0.4) is 0 Å². The molecule has 1 aliphatic heterocycles. The monoisotopic (exact) mass is 265 g/mol. The Bertz CT molecular complexity index is 409. The van der Waals surface area contributed by atoms with Crippen molar-refractivity contribution in [2.45, 2.75) is 19.1 Å². The van der Waals surface area contributed by atoms with Crippen LogP contribution in [0.25, 0.3) is 0 Å². The third-order valence-electron chi connectivity index (χ3n) is 3.13. The second-order valence-corrected chi connectivity index (χ2v) is 4.52. The number of ether oxygens (including phenoxy) is 2. The van der Waals surface area contributed by atoms with Gasteiger partial charge in [0.15, 0.2) is 6.10 Å². The molecule has 0 aliphatic carbocycles. The SMILES string of the molecule is CC(Oc1ccccc1)C(=O)N1CCOCC1CO. The third kappa shape index (κ3) is 3.45. The summed E-state index contributed by atoms with van der Waals surface area (Å²) in [4.78, 5) is 13.9. The van der Waals surface area contributed by atoms with Crippen molar-refractivity contribution < 1.29 is 19.4 Å². The van der Waals surface area contributed by atoms with Gasteiger partial charge in [0, 0.05) is 6.54 Å². The van der Waals surface area contributed by atoms with Crippen LogP contribution >= 0.6 is 0 Å². The first-order valence-corrected chi connectivity index (χ1v) is 6.43. The summed E-state index contributed by atoms with van der Waals surface area (Å²) >= 11 is 0. The van der Waals surface area contributed by atoms with Gasteiger partial charge in [-0.1, -0.05) is 18.2 Å². The van der Waals surface area contributed by atoms with Crippen LogP contribution in [0.2, 0.25) is 0 Å². The van der Waals surface area contributed by atoms with Crippen molar-refractivity contribution in [2.75, 3.05) is 26.4 Å². The van der Waals surface area contributed by atoms with E-state index in [2.05, 4.69) is 0 Å². The lowest BCUT2D eigenvalue weighted by molar-refractivity contribution is -0.148. The maximum Gasteiger partial charge on any atom is 0.263 e. The van der Waals surface area contributed by atoms with Crippen molar-refractivity contribution in [2.24, 2.45) is 0 Å². The van der Waals surface area contributed by atoms with E-state index in [9.17, 15) is 9.90 Å². The van der Waals surface area contributed by atoms with Crippen LogP contribution < -0.4 is 4.74 Å². The molecule has 1 N–H and O–H groups in total. The van der Waals surface area contributed by atoms with Gasteiger partial charge in [0.05, 0.1) is 25.9 Å². The van der Waals surface area contributed by atoms with Crippen molar-refractivity contribution in [3.8, 4) is 5.75 Å². The number of benzene rings is 1. The summed E-state index contributed by atoms with van der Waals surface area (Å²) in [5, 5.41) is 9.27. The molecule has 2 atom stereocenters. The van der Waals surface area contributed by atoms with Crippen molar-refractivity contribution in [1.82, 2.24) is 4.90 Å². The number of carbonyl (C=O) groups is 1. The summed E-state index contributed by atoms with van der Waals surface area (Å²) in [6, 6.07) is 8.96. The molecule has 1 saturated heterocycles. The molecule has 0 saturated carbocycles.